The summed E-state index contributed by atoms with van der Waals surface area (Å²) < 4.78 is 3.55. The fourth-order valence-corrected chi connectivity index (χ4v) is 5.96. The Morgan fingerprint density at radius 2 is 1.95 bits per heavy atom. The molecule has 10 heteroatoms. The lowest BCUT2D eigenvalue weighted by molar-refractivity contribution is 0.146. The fourth-order valence-electron chi connectivity index (χ4n) is 5.69. The molecule has 43 heavy (non-hydrogen) atoms. The van der Waals surface area contributed by atoms with Gasteiger partial charge in [-0.05, 0) is 66.8 Å². The van der Waals surface area contributed by atoms with Gasteiger partial charge in [-0.2, -0.15) is 5.26 Å². The van der Waals surface area contributed by atoms with Crippen LogP contribution >= 0.6 is 11.6 Å². The maximum atomic E-state index is 13.1. The van der Waals surface area contributed by atoms with Crippen LogP contribution in [0.3, 0.4) is 0 Å². The van der Waals surface area contributed by atoms with Crippen molar-refractivity contribution in [3.63, 3.8) is 0 Å². The van der Waals surface area contributed by atoms with E-state index in [9.17, 15) is 10.1 Å². The first-order valence-corrected chi connectivity index (χ1v) is 14.9. The summed E-state index contributed by atoms with van der Waals surface area (Å²) in [5, 5.41) is 28.9. The molecule has 1 aliphatic carbocycles. The first-order valence-electron chi connectivity index (χ1n) is 14.5. The van der Waals surface area contributed by atoms with Crippen molar-refractivity contribution in [3.8, 4) is 6.07 Å². The Bertz CT molecular complexity index is 1960. The molecule has 1 saturated carbocycles. The van der Waals surface area contributed by atoms with Crippen molar-refractivity contribution in [2.75, 3.05) is 17.2 Å². The Kier molecular flexibility index (Phi) is 7.13. The van der Waals surface area contributed by atoms with Crippen LogP contribution in [0.1, 0.15) is 69.8 Å². The van der Waals surface area contributed by atoms with Crippen LogP contribution in [0.5, 0.6) is 0 Å². The van der Waals surface area contributed by atoms with Gasteiger partial charge in [0.2, 0.25) is 0 Å². The largest absolute Gasteiger partial charge is 0.383 e. The molecule has 5 aromatic rings. The Labute approximate surface area is 255 Å². The molecule has 3 aromatic heterocycles. The van der Waals surface area contributed by atoms with E-state index < -0.39 is 6.04 Å². The molecule has 9 nitrogen and oxygen atoms in total. The van der Waals surface area contributed by atoms with Crippen molar-refractivity contribution in [2.24, 2.45) is 12.5 Å². The molecular formula is C33H35ClN8O. The number of rotatable bonds is 7. The Hall–Kier alpha value is -4.42. The lowest BCUT2D eigenvalue weighted by Gasteiger charge is -2.37. The zero-order valence-electron chi connectivity index (χ0n) is 25.1. The van der Waals surface area contributed by atoms with Crippen LogP contribution in [0.15, 0.2) is 59.8 Å². The highest BCUT2D eigenvalue weighted by atomic mass is 35.5. The van der Waals surface area contributed by atoms with Crippen molar-refractivity contribution in [2.45, 2.75) is 58.5 Å². The van der Waals surface area contributed by atoms with E-state index in [4.69, 9.17) is 11.6 Å². The molecule has 220 valence electrons. The molecule has 1 aliphatic rings. The highest BCUT2D eigenvalue weighted by Gasteiger charge is 2.35. The van der Waals surface area contributed by atoms with Gasteiger partial charge in [0, 0.05) is 42.4 Å². The van der Waals surface area contributed by atoms with Crippen molar-refractivity contribution in [3.05, 3.63) is 87.2 Å². The first-order chi connectivity index (χ1) is 20.5. The molecule has 0 bridgehead atoms. The van der Waals surface area contributed by atoms with Gasteiger partial charge in [-0.3, -0.25) is 9.78 Å². The van der Waals surface area contributed by atoms with Gasteiger partial charge in [-0.15, -0.1) is 5.10 Å². The number of pyridine rings is 2. The number of fused-ring (bicyclic) bond motifs is 2. The van der Waals surface area contributed by atoms with Gasteiger partial charge in [0.05, 0.1) is 39.6 Å². The van der Waals surface area contributed by atoms with Crippen molar-refractivity contribution >= 4 is 44.7 Å². The number of nitrogens with zero attached hydrogens (tertiary/aromatic N) is 6. The molecule has 0 saturated heterocycles. The highest BCUT2D eigenvalue weighted by molar-refractivity contribution is 6.35. The predicted octanol–water partition coefficient (Wildman–Crippen LogP) is 6.76. The summed E-state index contributed by atoms with van der Waals surface area (Å²) >= 11 is 6.83. The van der Waals surface area contributed by atoms with E-state index in [0.29, 0.717) is 33.7 Å². The minimum absolute atomic E-state index is 0.0125. The van der Waals surface area contributed by atoms with Gasteiger partial charge in [-0.1, -0.05) is 49.7 Å². The summed E-state index contributed by atoms with van der Waals surface area (Å²) in [7, 11) is 1.75. The van der Waals surface area contributed by atoms with E-state index in [1.165, 1.54) is 6.42 Å². The molecule has 1 fully saturated rings. The number of nitriles is 1. The lowest BCUT2D eigenvalue weighted by atomic mass is 9.79. The highest BCUT2D eigenvalue weighted by Crippen LogP contribution is 2.40. The Morgan fingerprint density at radius 1 is 1.16 bits per heavy atom. The second kappa shape index (κ2) is 10.7. The second-order valence-corrected chi connectivity index (χ2v) is 13.4. The molecule has 0 spiro atoms. The van der Waals surface area contributed by atoms with Gasteiger partial charge < -0.3 is 15.2 Å². The van der Waals surface area contributed by atoms with E-state index >= 15 is 0 Å². The zero-order chi connectivity index (χ0) is 30.5. The number of hydrogen-bond donors (Lipinski definition) is 2. The van der Waals surface area contributed by atoms with Crippen LogP contribution < -0.4 is 16.2 Å². The molecule has 2 N–H and O–H groups in total. The van der Waals surface area contributed by atoms with Crippen LogP contribution in [0, 0.1) is 16.7 Å². The van der Waals surface area contributed by atoms with Crippen molar-refractivity contribution < 1.29 is 0 Å². The molecule has 0 unspecified atom stereocenters. The summed E-state index contributed by atoms with van der Waals surface area (Å²) in [5.74, 6) is 0. The minimum atomic E-state index is -0.445. The number of anilines is 2. The van der Waals surface area contributed by atoms with E-state index in [-0.39, 0.29) is 16.5 Å². The third kappa shape index (κ3) is 5.32. The Morgan fingerprint density at radius 3 is 2.65 bits per heavy atom. The van der Waals surface area contributed by atoms with Gasteiger partial charge >= 0.3 is 0 Å². The average molecular weight is 595 g/mol. The number of halogens is 1. The van der Waals surface area contributed by atoms with E-state index in [1.807, 2.05) is 47.3 Å². The number of benzene rings is 2. The summed E-state index contributed by atoms with van der Waals surface area (Å²) in [6.07, 6.45) is 8.62. The van der Waals surface area contributed by atoms with Gasteiger partial charge in [0.15, 0.2) is 0 Å². The maximum absolute atomic E-state index is 13.1. The predicted molar refractivity (Wildman–Crippen MR) is 172 cm³/mol. The molecule has 1 atom stereocenters. The Balaban J connectivity index is 1.51. The van der Waals surface area contributed by atoms with Gasteiger partial charge in [-0.25, -0.2) is 4.68 Å². The quantitative estimate of drug-likeness (QED) is 0.214. The third-order valence-corrected chi connectivity index (χ3v) is 8.70. The summed E-state index contributed by atoms with van der Waals surface area (Å²) in [6.45, 7) is 9.26. The van der Waals surface area contributed by atoms with Gasteiger partial charge in [0.1, 0.15) is 11.8 Å². The lowest BCUT2D eigenvalue weighted by Crippen LogP contribution is -2.37. The number of aryl methyl sites for hydroxylation is 1. The molecular weight excluding hydrogens is 560 g/mol. The molecule has 2 aromatic carbocycles. The summed E-state index contributed by atoms with van der Waals surface area (Å²) in [4.78, 5) is 17.6. The zero-order valence-corrected chi connectivity index (χ0v) is 25.8. The standard InChI is InChI=1S/C33H35ClN8O/c1-32(2,3)19-37-28-20(16-35)17-36-29-25(28)14-21(15-26(29)34)38-30(27-18-42(40-39-27)33(4)11-7-12-33)23-8-6-9-24-22(23)10-13-41(5)31(24)43/h6,8-10,13-15,17-18,30,38H,7,11-12,19H2,1-5H3,(H,36,37)/t30-/m0/s1. The number of aromatic nitrogens is 5. The van der Waals surface area contributed by atoms with Crippen molar-refractivity contribution in [1.82, 2.24) is 24.5 Å². The summed E-state index contributed by atoms with van der Waals surface area (Å²) in [5.41, 5.74) is 3.97. The average Bonchev–Trinajstić information content (AvgIpc) is 3.45. The van der Waals surface area contributed by atoms with Gasteiger partial charge in [0.25, 0.3) is 5.56 Å². The molecule has 0 aliphatic heterocycles. The SMILES string of the molecule is Cn1ccc2c([C@H](Nc3cc(Cl)c4ncc(C#N)c(NCC(C)(C)C)c4c3)c3cn(C4(C)CCC4)nn3)cccc2c1=O. The van der Waals surface area contributed by atoms with E-state index in [1.54, 1.807) is 24.0 Å². The minimum Gasteiger partial charge on any atom is -0.383 e. The van der Waals surface area contributed by atoms with Crippen LogP contribution in [0.2, 0.25) is 5.02 Å². The normalized spacial score (nSPS) is 15.2. The topological polar surface area (TPSA) is 113 Å². The third-order valence-electron chi connectivity index (χ3n) is 8.41. The number of hydrogen-bond acceptors (Lipinski definition) is 7. The monoisotopic (exact) mass is 594 g/mol. The maximum Gasteiger partial charge on any atom is 0.258 e. The molecule has 0 radical (unpaired) electrons. The first kappa shape index (κ1) is 28.7. The van der Waals surface area contributed by atoms with Crippen LogP contribution in [0.4, 0.5) is 11.4 Å². The molecule has 6 rings (SSSR count). The van der Waals surface area contributed by atoms with Crippen molar-refractivity contribution in [1.29, 1.82) is 5.26 Å². The number of nitrogens with one attached hydrogen (secondary N) is 2. The van der Waals surface area contributed by atoms with E-state index in [0.717, 1.165) is 40.6 Å². The second-order valence-electron chi connectivity index (χ2n) is 13.0. The van der Waals surface area contributed by atoms with Crippen LogP contribution in [0.25, 0.3) is 21.7 Å². The molecule has 0 amide bonds. The molecule has 3 heterocycles. The van der Waals surface area contributed by atoms with E-state index in [2.05, 4.69) is 59.7 Å². The smallest absolute Gasteiger partial charge is 0.258 e. The van der Waals surface area contributed by atoms with Crippen LogP contribution in [-0.2, 0) is 12.6 Å². The van der Waals surface area contributed by atoms with Crippen LogP contribution in [-0.4, -0.2) is 31.1 Å². The fraction of sp³-hybridized carbons (Fsp3) is 0.364. The summed E-state index contributed by atoms with van der Waals surface area (Å²) in [6, 6.07) is 13.4.